The van der Waals surface area contributed by atoms with E-state index in [4.69, 9.17) is 0 Å². The average Bonchev–Trinajstić information content (AvgIpc) is 4.00. The highest BCUT2D eigenvalue weighted by Crippen LogP contribution is 2.41. The van der Waals surface area contributed by atoms with Crippen molar-refractivity contribution in [2.24, 2.45) is 0 Å². The van der Waals surface area contributed by atoms with E-state index >= 15 is 0 Å². The predicted molar refractivity (Wildman–Crippen MR) is 266 cm³/mol. The summed E-state index contributed by atoms with van der Waals surface area (Å²) < 4.78 is 7.31. The minimum Gasteiger partial charge on any atom is -0.309 e. The van der Waals surface area contributed by atoms with Gasteiger partial charge in [0.2, 0.25) is 0 Å². The zero-order valence-electron chi connectivity index (χ0n) is 34.4. The van der Waals surface area contributed by atoms with Gasteiger partial charge < -0.3 is 13.7 Å². The molecule has 0 aliphatic rings. The molecule has 0 amide bonds. The van der Waals surface area contributed by atoms with Crippen molar-refractivity contribution in [3.05, 3.63) is 237 Å². The Bertz CT molecular complexity index is 3850. The average molecular weight is 802 g/mol. The molecule has 3 heterocycles. The zero-order valence-corrected chi connectivity index (χ0v) is 34.4. The molecule has 0 fully saturated rings. The summed E-state index contributed by atoms with van der Waals surface area (Å²) in [6.07, 6.45) is 0. The first kappa shape index (κ1) is 35.4. The fourth-order valence-corrected chi connectivity index (χ4v) is 10.2. The van der Waals surface area contributed by atoms with Crippen molar-refractivity contribution in [3.8, 4) is 50.4 Å². The Morgan fingerprint density at radius 3 is 0.968 bits per heavy atom. The molecule has 294 valence electrons. The molecule has 0 spiro atoms. The number of benzene rings is 10. The van der Waals surface area contributed by atoms with Gasteiger partial charge >= 0.3 is 0 Å². The lowest BCUT2D eigenvalue weighted by Gasteiger charge is -2.15. The van der Waals surface area contributed by atoms with Crippen molar-refractivity contribution in [1.82, 2.24) is 13.7 Å². The molecule has 0 saturated heterocycles. The molecular weight excluding hydrogens is 763 g/mol. The van der Waals surface area contributed by atoms with Crippen LogP contribution >= 0.6 is 0 Å². The van der Waals surface area contributed by atoms with Crippen molar-refractivity contribution in [3.63, 3.8) is 0 Å². The van der Waals surface area contributed by atoms with Crippen molar-refractivity contribution in [1.29, 1.82) is 0 Å². The first-order valence-corrected chi connectivity index (χ1v) is 21.7. The maximum absolute atomic E-state index is 2.45. The van der Waals surface area contributed by atoms with E-state index in [1.807, 2.05) is 0 Å². The summed E-state index contributed by atoms with van der Waals surface area (Å²) in [6, 6.07) is 86.5. The van der Waals surface area contributed by atoms with Gasteiger partial charge in [0, 0.05) is 49.4 Å². The maximum atomic E-state index is 2.45. The molecule has 0 radical (unpaired) electrons. The molecular formula is C60H39N3. The van der Waals surface area contributed by atoms with Gasteiger partial charge in [-0.1, -0.05) is 152 Å². The molecule has 0 saturated carbocycles. The van der Waals surface area contributed by atoms with Crippen LogP contribution in [-0.2, 0) is 0 Å². The molecule has 63 heavy (non-hydrogen) atoms. The number of rotatable bonds is 6. The van der Waals surface area contributed by atoms with Crippen LogP contribution in [-0.4, -0.2) is 13.7 Å². The monoisotopic (exact) mass is 801 g/mol. The molecule has 0 aliphatic carbocycles. The van der Waals surface area contributed by atoms with Gasteiger partial charge in [0.05, 0.1) is 33.1 Å². The third kappa shape index (κ3) is 5.60. The van der Waals surface area contributed by atoms with E-state index in [-0.39, 0.29) is 0 Å². The van der Waals surface area contributed by atoms with E-state index in [9.17, 15) is 0 Å². The summed E-state index contributed by atoms with van der Waals surface area (Å²) in [6.45, 7) is 0. The number of para-hydroxylation sites is 4. The largest absolute Gasteiger partial charge is 0.309 e. The number of hydrogen-bond donors (Lipinski definition) is 0. The van der Waals surface area contributed by atoms with Crippen molar-refractivity contribution < 1.29 is 0 Å². The van der Waals surface area contributed by atoms with Gasteiger partial charge in [-0.25, -0.2) is 0 Å². The van der Waals surface area contributed by atoms with Crippen LogP contribution in [0, 0.1) is 0 Å². The summed E-state index contributed by atoms with van der Waals surface area (Å²) in [4.78, 5) is 0. The van der Waals surface area contributed by atoms with Gasteiger partial charge in [-0.2, -0.15) is 0 Å². The van der Waals surface area contributed by atoms with Gasteiger partial charge in [-0.15, -0.1) is 0 Å². The molecule has 13 aromatic rings. The van der Waals surface area contributed by atoms with Crippen LogP contribution in [0.25, 0.3) is 116 Å². The first-order chi connectivity index (χ1) is 31.2. The Labute approximate surface area is 364 Å². The maximum Gasteiger partial charge on any atom is 0.0542 e. The first-order valence-electron chi connectivity index (χ1n) is 21.7. The van der Waals surface area contributed by atoms with Gasteiger partial charge in [-0.3, -0.25) is 0 Å². The number of hydrogen-bond acceptors (Lipinski definition) is 0. The summed E-state index contributed by atoms with van der Waals surface area (Å²) in [5.41, 5.74) is 17.7. The second-order valence-electron chi connectivity index (χ2n) is 16.6. The van der Waals surface area contributed by atoms with E-state index in [2.05, 4.69) is 250 Å². The molecule has 0 N–H and O–H groups in total. The van der Waals surface area contributed by atoms with Crippen molar-refractivity contribution >= 4 is 65.4 Å². The Morgan fingerprint density at radius 1 is 0.175 bits per heavy atom. The summed E-state index contributed by atoms with van der Waals surface area (Å²) >= 11 is 0. The molecule has 3 nitrogen and oxygen atoms in total. The normalized spacial score (nSPS) is 11.8. The topological polar surface area (TPSA) is 14.8 Å². The molecule has 0 bridgehead atoms. The van der Waals surface area contributed by atoms with Crippen LogP contribution in [0.3, 0.4) is 0 Å². The number of fused-ring (bicyclic) bond motifs is 9. The second-order valence-corrected chi connectivity index (χ2v) is 16.6. The lowest BCUT2D eigenvalue weighted by atomic mass is 9.95. The Morgan fingerprint density at radius 2 is 0.492 bits per heavy atom. The van der Waals surface area contributed by atoms with Crippen LogP contribution < -0.4 is 0 Å². The third-order valence-electron chi connectivity index (χ3n) is 13.0. The van der Waals surface area contributed by atoms with Crippen molar-refractivity contribution in [2.75, 3.05) is 0 Å². The van der Waals surface area contributed by atoms with E-state index in [1.165, 1.54) is 98.8 Å². The number of aromatic nitrogens is 3. The van der Waals surface area contributed by atoms with E-state index in [0.29, 0.717) is 0 Å². The fourth-order valence-electron chi connectivity index (χ4n) is 10.2. The summed E-state index contributed by atoms with van der Waals surface area (Å²) in [5.74, 6) is 0. The molecule has 3 aromatic heterocycles. The van der Waals surface area contributed by atoms with Crippen LogP contribution in [0.15, 0.2) is 237 Å². The second kappa shape index (κ2) is 14.1. The molecule has 13 rings (SSSR count). The zero-order chi connectivity index (χ0) is 41.4. The van der Waals surface area contributed by atoms with Gasteiger partial charge in [0.15, 0.2) is 0 Å². The van der Waals surface area contributed by atoms with Crippen molar-refractivity contribution in [2.45, 2.75) is 0 Å². The van der Waals surface area contributed by atoms with E-state index < -0.39 is 0 Å². The van der Waals surface area contributed by atoms with Crippen LogP contribution in [0.1, 0.15) is 0 Å². The van der Waals surface area contributed by atoms with Gasteiger partial charge in [0.25, 0.3) is 0 Å². The van der Waals surface area contributed by atoms with Gasteiger partial charge in [-0.05, 0) is 118 Å². The third-order valence-corrected chi connectivity index (χ3v) is 13.0. The SMILES string of the molecule is c1ccc(-c2cccc(-c3cc(-c4ccccc4)cc(-n4c5ccccc5c5cc(-n6c7ccccc7c7cc(-n8c9ccccc9c9ccccc98)ccc76)ccc54)c3)c2)cc1. The standard InChI is InChI=1S/C60H39N3/c1-3-16-40(17-4-1)42-20-15-21-43(34-42)45-35-44(41-18-5-2-6-19-41)36-48(37-45)63-58-29-14-10-25-52(58)54-39-47(31-33-60(54)63)62-57-28-13-9-24-51(57)53-38-46(30-32-59(53)62)61-55-26-11-7-22-49(55)50-23-8-12-27-56(50)61/h1-39H. The highest BCUT2D eigenvalue weighted by molar-refractivity contribution is 6.14. The molecule has 10 aromatic carbocycles. The predicted octanol–water partition coefficient (Wildman–Crippen LogP) is 16.0. The Hall–Kier alpha value is -8.40. The fraction of sp³-hybridized carbons (Fsp3) is 0. The summed E-state index contributed by atoms with van der Waals surface area (Å²) in [7, 11) is 0. The van der Waals surface area contributed by atoms with Crippen LogP contribution in [0.4, 0.5) is 0 Å². The summed E-state index contributed by atoms with van der Waals surface area (Å²) in [5, 5.41) is 7.44. The smallest absolute Gasteiger partial charge is 0.0542 e. The van der Waals surface area contributed by atoms with E-state index in [0.717, 1.165) is 17.1 Å². The highest BCUT2D eigenvalue weighted by atomic mass is 15.0. The minimum atomic E-state index is 1.13. The minimum absolute atomic E-state index is 1.13. The quantitative estimate of drug-likeness (QED) is 0.159. The lowest BCUT2D eigenvalue weighted by molar-refractivity contribution is 1.16. The van der Waals surface area contributed by atoms with Crippen LogP contribution in [0.5, 0.6) is 0 Å². The lowest BCUT2D eigenvalue weighted by Crippen LogP contribution is -1.97. The molecule has 3 heteroatoms. The highest BCUT2D eigenvalue weighted by Gasteiger charge is 2.19. The van der Waals surface area contributed by atoms with Crippen LogP contribution in [0.2, 0.25) is 0 Å². The molecule has 0 aliphatic heterocycles. The molecule has 0 unspecified atom stereocenters. The molecule has 0 atom stereocenters. The number of nitrogens with zero attached hydrogens (tertiary/aromatic N) is 3. The Kier molecular flexibility index (Phi) is 7.91. The van der Waals surface area contributed by atoms with E-state index in [1.54, 1.807) is 0 Å². The van der Waals surface area contributed by atoms with Gasteiger partial charge in [0.1, 0.15) is 0 Å². The Balaban J connectivity index is 1.00.